The fourth-order valence-corrected chi connectivity index (χ4v) is 3.07. The van der Waals surface area contributed by atoms with Crippen LogP contribution in [0.4, 0.5) is 0 Å². The first-order chi connectivity index (χ1) is 7.63. The van der Waals surface area contributed by atoms with Crippen molar-refractivity contribution in [1.82, 2.24) is 9.97 Å². The second-order valence-electron chi connectivity index (χ2n) is 3.10. The van der Waals surface area contributed by atoms with E-state index in [1.54, 1.807) is 13.1 Å². The van der Waals surface area contributed by atoms with Crippen LogP contribution in [0.3, 0.4) is 0 Å². The number of thiophene rings is 1. The number of aromatic nitrogens is 2. The zero-order valence-corrected chi connectivity index (χ0v) is 11.2. The molecule has 0 unspecified atom stereocenters. The smallest absolute Gasteiger partial charge is 0.349 e. The van der Waals surface area contributed by atoms with E-state index in [0.717, 1.165) is 10.2 Å². The molecule has 0 saturated carbocycles. The minimum atomic E-state index is -0.324. The van der Waals surface area contributed by atoms with E-state index in [1.807, 2.05) is 6.92 Å². The number of aryl methyl sites for hydroxylation is 1. The third-order valence-corrected chi connectivity index (χ3v) is 4.14. The Morgan fingerprint density at radius 1 is 1.62 bits per heavy atom. The van der Waals surface area contributed by atoms with E-state index in [0.29, 0.717) is 21.8 Å². The van der Waals surface area contributed by atoms with Crippen LogP contribution in [0.15, 0.2) is 10.7 Å². The van der Waals surface area contributed by atoms with Gasteiger partial charge >= 0.3 is 5.97 Å². The summed E-state index contributed by atoms with van der Waals surface area (Å²) < 4.78 is 5.68. The topological polar surface area (TPSA) is 52.1 Å². The van der Waals surface area contributed by atoms with E-state index in [2.05, 4.69) is 25.9 Å². The molecule has 4 nitrogen and oxygen atoms in total. The molecule has 2 aromatic heterocycles. The van der Waals surface area contributed by atoms with Crippen LogP contribution < -0.4 is 0 Å². The van der Waals surface area contributed by atoms with Crippen LogP contribution in [-0.2, 0) is 4.74 Å². The van der Waals surface area contributed by atoms with Gasteiger partial charge in [-0.3, -0.25) is 0 Å². The summed E-state index contributed by atoms with van der Waals surface area (Å²) in [6.45, 7) is 3.96. The van der Waals surface area contributed by atoms with Crippen molar-refractivity contribution in [2.24, 2.45) is 0 Å². The summed E-state index contributed by atoms with van der Waals surface area (Å²) in [5, 5.41) is 0.846. The molecule has 0 spiro atoms. The van der Waals surface area contributed by atoms with Gasteiger partial charge in [0.1, 0.15) is 15.5 Å². The highest BCUT2D eigenvalue weighted by atomic mass is 79.9. The lowest BCUT2D eigenvalue weighted by molar-refractivity contribution is 0.0531. The highest BCUT2D eigenvalue weighted by Crippen LogP contribution is 2.34. The Morgan fingerprint density at radius 2 is 2.38 bits per heavy atom. The average Bonchev–Trinajstić information content (AvgIpc) is 2.56. The zero-order valence-electron chi connectivity index (χ0n) is 8.78. The summed E-state index contributed by atoms with van der Waals surface area (Å²) in [6, 6.07) is 0. The summed E-state index contributed by atoms with van der Waals surface area (Å²) in [7, 11) is 0. The van der Waals surface area contributed by atoms with Gasteiger partial charge in [0.05, 0.1) is 11.1 Å². The molecule has 0 fully saturated rings. The number of halogens is 1. The van der Waals surface area contributed by atoms with Crippen LogP contribution in [0.1, 0.15) is 22.4 Å². The number of nitrogens with zero attached hydrogens (tertiary/aromatic N) is 2. The molecule has 0 atom stereocenters. The van der Waals surface area contributed by atoms with Gasteiger partial charge < -0.3 is 4.74 Å². The summed E-state index contributed by atoms with van der Waals surface area (Å²) >= 11 is 4.69. The predicted molar refractivity (Wildman–Crippen MR) is 65.8 cm³/mol. The maximum atomic E-state index is 11.6. The first-order valence-corrected chi connectivity index (χ1v) is 6.33. The molecule has 0 bridgehead atoms. The van der Waals surface area contributed by atoms with E-state index in [1.165, 1.54) is 11.3 Å². The van der Waals surface area contributed by atoms with Crippen LogP contribution in [0.25, 0.3) is 10.2 Å². The van der Waals surface area contributed by atoms with Crippen molar-refractivity contribution in [2.75, 3.05) is 6.61 Å². The minimum absolute atomic E-state index is 0.324. The maximum Gasteiger partial charge on any atom is 0.349 e. The fourth-order valence-electron chi connectivity index (χ4n) is 1.27. The zero-order chi connectivity index (χ0) is 11.7. The third kappa shape index (κ3) is 1.94. The van der Waals surface area contributed by atoms with Gasteiger partial charge in [-0.25, -0.2) is 14.8 Å². The number of rotatable bonds is 2. The lowest BCUT2D eigenvalue weighted by Gasteiger charge is -1.97. The molecule has 0 aliphatic rings. The van der Waals surface area contributed by atoms with Crippen LogP contribution in [0, 0.1) is 6.92 Å². The summed E-state index contributed by atoms with van der Waals surface area (Å²) in [5.74, 6) is 0.367. The van der Waals surface area contributed by atoms with E-state index >= 15 is 0 Å². The predicted octanol–water partition coefficient (Wildman–Crippen LogP) is 2.94. The van der Waals surface area contributed by atoms with Gasteiger partial charge in [-0.2, -0.15) is 0 Å². The molecule has 0 aliphatic carbocycles. The molecule has 0 aliphatic heterocycles. The normalized spacial score (nSPS) is 10.7. The van der Waals surface area contributed by atoms with E-state index < -0.39 is 0 Å². The Hall–Kier alpha value is -1.01. The van der Waals surface area contributed by atoms with Gasteiger partial charge in [0.2, 0.25) is 0 Å². The molecule has 6 heteroatoms. The molecular formula is C10H9BrN2O2S. The van der Waals surface area contributed by atoms with Gasteiger partial charge in [-0.05, 0) is 29.8 Å². The highest BCUT2D eigenvalue weighted by molar-refractivity contribution is 9.10. The first-order valence-electron chi connectivity index (χ1n) is 4.72. The van der Waals surface area contributed by atoms with Crippen LogP contribution in [0.2, 0.25) is 0 Å². The van der Waals surface area contributed by atoms with Crippen molar-refractivity contribution < 1.29 is 9.53 Å². The molecule has 16 heavy (non-hydrogen) atoms. The van der Waals surface area contributed by atoms with Crippen molar-refractivity contribution in [2.45, 2.75) is 13.8 Å². The SMILES string of the molecule is CCOC(=O)c1sc2nc(C)ncc2c1Br. The number of esters is 1. The lowest BCUT2D eigenvalue weighted by atomic mass is 10.3. The van der Waals surface area contributed by atoms with Crippen molar-refractivity contribution in [1.29, 1.82) is 0 Å². The van der Waals surface area contributed by atoms with Crippen LogP contribution in [0.5, 0.6) is 0 Å². The largest absolute Gasteiger partial charge is 0.462 e. The number of carbonyl (C=O) groups is 1. The molecule has 2 rings (SSSR count). The Bertz CT molecular complexity index is 553. The van der Waals surface area contributed by atoms with Crippen molar-refractivity contribution in [3.8, 4) is 0 Å². The number of hydrogen-bond acceptors (Lipinski definition) is 5. The highest BCUT2D eigenvalue weighted by Gasteiger charge is 2.18. The minimum Gasteiger partial charge on any atom is -0.462 e. The quantitative estimate of drug-likeness (QED) is 0.800. The summed E-state index contributed by atoms with van der Waals surface area (Å²) in [6.07, 6.45) is 1.71. The fraction of sp³-hybridized carbons (Fsp3) is 0.300. The average molecular weight is 301 g/mol. The number of fused-ring (bicyclic) bond motifs is 1. The molecule has 0 saturated heterocycles. The molecule has 2 aromatic rings. The Labute approximate surface area is 105 Å². The Kier molecular flexibility index (Phi) is 3.20. The number of carbonyl (C=O) groups excluding carboxylic acids is 1. The number of ether oxygens (including phenoxy) is 1. The van der Waals surface area contributed by atoms with E-state index in [4.69, 9.17) is 4.74 Å². The monoisotopic (exact) mass is 300 g/mol. The molecule has 2 heterocycles. The molecule has 0 radical (unpaired) electrons. The summed E-state index contributed by atoms with van der Waals surface area (Å²) in [4.78, 5) is 21.3. The third-order valence-electron chi connectivity index (χ3n) is 1.97. The standard InChI is InChI=1S/C10H9BrN2O2S/c1-3-15-10(14)8-7(11)6-4-12-5(2)13-9(6)16-8/h4H,3H2,1-2H3. The van der Waals surface area contributed by atoms with Gasteiger partial charge in [0.25, 0.3) is 0 Å². The lowest BCUT2D eigenvalue weighted by Crippen LogP contribution is -2.02. The van der Waals surface area contributed by atoms with Crippen LogP contribution in [-0.4, -0.2) is 22.5 Å². The van der Waals surface area contributed by atoms with Gasteiger partial charge in [-0.1, -0.05) is 0 Å². The number of hydrogen-bond donors (Lipinski definition) is 0. The molecule has 0 amide bonds. The molecule has 0 aromatic carbocycles. The van der Waals surface area contributed by atoms with Crippen molar-refractivity contribution >= 4 is 43.5 Å². The Morgan fingerprint density at radius 3 is 3.06 bits per heavy atom. The van der Waals surface area contributed by atoms with E-state index in [9.17, 15) is 4.79 Å². The molecule has 0 N–H and O–H groups in total. The molecular weight excluding hydrogens is 292 g/mol. The Balaban J connectivity index is 2.55. The molecule has 84 valence electrons. The van der Waals surface area contributed by atoms with E-state index in [-0.39, 0.29) is 5.97 Å². The maximum absolute atomic E-state index is 11.6. The second-order valence-corrected chi connectivity index (χ2v) is 4.89. The second kappa shape index (κ2) is 4.47. The van der Waals surface area contributed by atoms with Crippen molar-refractivity contribution in [3.63, 3.8) is 0 Å². The van der Waals surface area contributed by atoms with Crippen LogP contribution >= 0.6 is 27.3 Å². The summed E-state index contributed by atoms with van der Waals surface area (Å²) in [5.41, 5.74) is 0. The van der Waals surface area contributed by atoms with Gasteiger partial charge in [0, 0.05) is 11.6 Å². The van der Waals surface area contributed by atoms with Gasteiger partial charge in [-0.15, -0.1) is 11.3 Å². The van der Waals surface area contributed by atoms with Crippen molar-refractivity contribution in [3.05, 3.63) is 21.4 Å². The first kappa shape index (κ1) is 11.5. The van der Waals surface area contributed by atoms with Gasteiger partial charge in [0.15, 0.2) is 0 Å².